The van der Waals surface area contributed by atoms with E-state index in [1.807, 2.05) is 22.7 Å². The summed E-state index contributed by atoms with van der Waals surface area (Å²) in [7, 11) is -1.74. The van der Waals surface area contributed by atoms with Gasteiger partial charge in [0.25, 0.3) is 0 Å². The zero-order valence-corrected chi connectivity index (χ0v) is 23.8. The van der Waals surface area contributed by atoms with E-state index in [1.165, 1.54) is 0 Å². The van der Waals surface area contributed by atoms with E-state index in [9.17, 15) is 14.6 Å². The maximum atomic E-state index is 13.7. The molecule has 1 aliphatic rings. The third-order valence-electron chi connectivity index (χ3n) is 6.80. The maximum absolute atomic E-state index is 13.7. The van der Waals surface area contributed by atoms with Crippen molar-refractivity contribution in [2.24, 2.45) is 24.3 Å². The molecule has 0 aliphatic carbocycles. The molecule has 1 aromatic rings. The van der Waals surface area contributed by atoms with Crippen LogP contribution in [0.1, 0.15) is 72.5 Å². The fourth-order valence-corrected chi connectivity index (χ4v) is 6.80. The quantitative estimate of drug-likeness (QED) is 0.309. The van der Waals surface area contributed by atoms with Gasteiger partial charge in [0.05, 0.1) is 25.8 Å². The lowest BCUT2D eigenvalue weighted by molar-refractivity contribution is -0.132. The largest absolute Gasteiger partial charge is 0.381 e. The second-order valence-corrected chi connectivity index (χ2v) is 12.8. The molecule has 1 amide bonds. The molecule has 0 saturated carbocycles. The number of carbonyl (C=O) groups excluding carboxylic acids is 1. The smallest absolute Gasteiger partial charge is 0.347 e. The van der Waals surface area contributed by atoms with Crippen LogP contribution in [0.2, 0.25) is 0 Å². The van der Waals surface area contributed by atoms with Crippen molar-refractivity contribution < 1.29 is 23.1 Å². The number of hydrogen-bond acceptors (Lipinski definition) is 7. The van der Waals surface area contributed by atoms with Crippen LogP contribution in [0.15, 0.2) is 12.4 Å². The highest BCUT2D eigenvalue weighted by Gasteiger charge is 2.45. The predicted molar refractivity (Wildman–Crippen MR) is 139 cm³/mol. The topological polar surface area (TPSA) is 107 Å². The molecule has 0 spiro atoms. The molecular weight excluding hydrogens is 479 g/mol. The molecule has 1 saturated heterocycles. The Morgan fingerprint density at radius 1 is 1.31 bits per heavy atom. The number of imidazole rings is 1. The number of hydrogen-bond donors (Lipinski definition) is 0. The first-order valence-electron chi connectivity index (χ1n) is 13.1. The predicted octanol–water partition coefficient (Wildman–Crippen LogP) is 5.17. The molecule has 1 fully saturated rings. The molecule has 0 radical (unpaired) electrons. The molecule has 2 rings (SSSR count). The van der Waals surface area contributed by atoms with Crippen molar-refractivity contribution in [3.8, 4) is 6.07 Å². The van der Waals surface area contributed by atoms with Gasteiger partial charge in [0.15, 0.2) is 5.66 Å². The van der Waals surface area contributed by atoms with Gasteiger partial charge in [0.1, 0.15) is 5.82 Å². The maximum Gasteiger partial charge on any atom is 0.347 e. The fourth-order valence-electron chi connectivity index (χ4n) is 4.68. The van der Waals surface area contributed by atoms with Crippen LogP contribution in [-0.4, -0.2) is 59.0 Å². The highest BCUT2D eigenvalue weighted by Crippen LogP contribution is 2.57. The van der Waals surface area contributed by atoms with Crippen molar-refractivity contribution in [1.82, 2.24) is 14.5 Å². The summed E-state index contributed by atoms with van der Waals surface area (Å²) in [4.78, 5) is 19.8. The van der Waals surface area contributed by atoms with E-state index < -0.39 is 13.3 Å². The summed E-state index contributed by atoms with van der Waals surface area (Å²) in [6.07, 6.45) is 6.69. The van der Waals surface area contributed by atoms with Gasteiger partial charge in [-0.25, -0.2) is 4.98 Å². The second kappa shape index (κ2) is 14.3. The van der Waals surface area contributed by atoms with Crippen LogP contribution >= 0.6 is 7.60 Å². The average molecular weight is 525 g/mol. The molecule has 0 aromatic carbocycles. The molecule has 36 heavy (non-hydrogen) atoms. The van der Waals surface area contributed by atoms with Crippen molar-refractivity contribution >= 4 is 13.5 Å². The van der Waals surface area contributed by atoms with E-state index in [0.717, 1.165) is 25.1 Å². The number of amides is 1. The summed E-state index contributed by atoms with van der Waals surface area (Å²) in [5.41, 5.74) is -0.843. The molecule has 0 bridgehead atoms. The summed E-state index contributed by atoms with van der Waals surface area (Å²) < 4.78 is 32.3. The third kappa shape index (κ3) is 8.99. The van der Waals surface area contributed by atoms with Crippen LogP contribution in [0.4, 0.5) is 0 Å². The van der Waals surface area contributed by atoms with Gasteiger partial charge in [-0.1, -0.05) is 20.8 Å². The lowest BCUT2D eigenvalue weighted by Crippen LogP contribution is -2.36. The minimum atomic E-state index is -3.66. The Hall–Kier alpha value is -1.72. The van der Waals surface area contributed by atoms with Crippen molar-refractivity contribution in [2.75, 3.05) is 33.0 Å². The minimum absolute atomic E-state index is 0.0126. The molecule has 2 unspecified atom stereocenters. The molecule has 9 nitrogen and oxygen atoms in total. The van der Waals surface area contributed by atoms with Crippen molar-refractivity contribution in [3.63, 3.8) is 0 Å². The standard InChI is InChI=1S/C26H45N4O5P/c1-7-34-36(32,35-8-2)23(19-27)22(21-11-17-33-18-12-21)9-10-25(31)30(15-13-26(3,4)5)20-24-28-14-16-29(24)6/h14,16,21-23H,7-13,15,17-18,20H2,1-6H3. The first-order valence-corrected chi connectivity index (χ1v) is 14.8. The second-order valence-electron chi connectivity index (χ2n) is 10.7. The Bertz CT molecular complexity index is 891. The van der Waals surface area contributed by atoms with Crippen molar-refractivity contribution in [2.45, 2.75) is 78.9 Å². The summed E-state index contributed by atoms with van der Waals surface area (Å²) in [6.45, 7) is 12.6. The van der Waals surface area contributed by atoms with Crippen LogP contribution in [0.3, 0.4) is 0 Å². The van der Waals surface area contributed by atoms with Gasteiger partial charge in [0, 0.05) is 45.6 Å². The van der Waals surface area contributed by atoms with Gasteiger partial charge < -0.3 is 23.3 Å². The number of nitriles is 1. The summed E-state index contributed by atoms with van der Waals surface area (Å²) in [5.74, 6) is 0.663. The van der Waals surface area contributed by atoms with Crippen LogP contribution in [0.25, 0.3) is 0 Å². The number of aromatic nitrogens is 2. The van der Waals surface area contributed by atoms with Gasteiger partial charge in [-0.05, 0) is 56.8 Å². The van der Waals surface area contributed by atoms with Gasteiger partial charge in [-0.15, -0.1) is 0 Å². The van der Waals surface area contributed by atoms with Gasteiger partial charge in [-0.3, -0.25) is 9.36 Å². The lowest BCUT2D eigenvalue weighted by atomic mass is 9.81. The molecule has 1 aliphatic heterocycles. The monoisotopic (exact) mass is 524 g/mol. The Morgan fingerprint density at radius 3 is 2.44 bits per heavy atom. The van der Waals surface area contributed by atoms with Crippen LogP contribution in [0.5, 0.6) is 0 Å². The zero-order valence-electron chi connectivity index (χ0n) is 22.9. The summed E-state index contributed by atoms with van der Waals surface area (Å²) in [6, 6.07) is 2.26. The van der Waals surface area contributed by atoms with Crippen LogP contribution in [-0.2, 0) is 36.7 Å². The molecule has 0 N–H and O–H groups in total. The highest BCUT2D eigenvalue weighted by atomic mass is 31.2. The number of aryl methyl sites for hydroxylation is 1. The fraction of sp³-hybridized carbons (Fsp3) is 0.808. The normalized spacial score (nSPS) is 16.9. The van der Waals surface area contributed by atoms with E-state index in [4.69, 9.17) is 13.8 Å². The van der Waals surface area contributed by atoms with E-state index in [0.29, 0.717) is 32.7 Å². The molecule has 1 aromatic heterocycles. The zero-order chi connectivity index (χ0) is 26.8. The molecule has 2 atom stereocenters. The highest BCUT2D eigenvalue weighted by molar-refractivity contribution is 7.55. The van der Waals surface area contributed by atoms with Crippen molar-refractivity contribution in [1.29, 1.82) is 5.26 Å². The SMILES string of the molecule is CCOP(=O)(OCC)C(C#N)C(CCC(=O)N(CCC(C)(C)C)Cc1nccn1C)C1CCOCC1. The molecule has 10 heteroatoms. The Balaban J connectivity index is 2.25. The van der Waals surface area contributed by atoms with Gasteiger partial charge >= 0.3 is 7.60 Å². The number of nitrogens with zero attached hydrogens (tertiary/aromatic N) is 4. The summed E-state index contributed by atoms with van der Waals surface area (Å²) >= 11 is 0. The lowest BCUT2D eigenvalue weighted by Gasteiger charge is -2.36. The Kier molecular flexibility index (Phi) is 12.1. The van der Waals surface area contributed by atoms with Crippen molar-refractivity contribution in [3.05, 3.63) is 18.2 Å². The van der Waals surface area contributed by atoms with Gasteiger partial charge in [-0.2, -0.15) is 5.26 Å². The van der Waals surface area contributed by atoms with E-state index in [2.05, 4.69) is 31.8 Å². The Labute approximate surface area is 217 Å². The van der Waals surface area contributed by atoms with Gasteiger partial charge in [0.2, 0.25) is 5.91 Å². The molecular formula is C26H45N4O5P. The Morgan fingerprint density at radius 2 is 1.94 bits per heavy atom. The number of ether oxygens (including phenoxy) is 1. The van der Waals surface area contributed by atoms with E-state index in [-0.39, 0.29) is 42.8 Å². The minimum Gasteiger partial charge on any atom is -0.381 e. The number of rotatable bonds is 14. The first-order chi connectivity index (χ1) is 17.0. The first kappa shape index (κ1) is 30.5. The van der Waals surface area contributed by atoms with Crippen LogP contribution < -0.4 is 0 Å². The van der Waals surface area contributed by atoms with E-state index in [1.54, 1.807) is 20.0 Å². The molecule has 2 heterocycles. The summed E-state index contributed by atoms with van der Waals surface area (Å²) in [5, 5.41) is 10.1. The van der Waals surface area contributed by atoms with E-state index >= 15 is 0 Å². The van der Waals surface area contributed by atoms with Crippen LogP contribution in [0, 0.1) is 28.6 Å². The molecule has 204 valence electrons. The third-order valence-corrected chi connectivity index (χ3v) is 9.21. The number of carbonyl (C=O) groups is 1. The average Bonchev–Trinajstić information content (AvgIpc) is 3.23.